The standard InChI is InChI=1S/C6H14N2.C2H4O2/c7-5-6-1-3-8-4-2-6;1-2(3)4/h6,8H,1-5,7H2;1H3,(H,3,4). The zero-order valence-corrected chi connectivity index (χ0v) is 7.55. The highest BCUT2D eigenvalue weighted by Gasteiger charge is 2.09. The summed E-state index contributed by atoms with van der Waals surface area (Å²) in [5.41, 5.74) is 5.48. The quantitative estimate of drug-likeness (QED) is 0.524. The van der Waals surface area contributed by atoms with Crippen molar-refractivity contribution in [1.29, 1.82) is 0 Å². The number of piperidine rings is 1. The molecule has 72 valence electrons. The molecule has 0 unspecified atom stereocenters. The third-order valence-electron chi connectivity index (χ3n) is 1.79. The molecule has 1 saturated heterocycles. The molecule has 12 heavy (non-hydrogen) atoms. The molecule has 1 rings (SSSR count). The minimum Gasteiger partial charge on any atom is -0.481 e. The van der Waals surface area contributed by atoms with Crippen LogP contribution in [0.1, 0.15) is 19.8 Å². The second kappa shape index (κ2) is 7.06. The number of hydrogen-bond donors (Lipinski definition) is 3. The lowest BCUT2D eigenvalue weighted by atomic mass is 9.99. The first-order valence-electron chi connectivity index (χ1n) is 4.27. The highest BCUT2D eigenvalue weighted by atomic mass is 16.4. The lowest BCUT2D eigenvalue weighted by molar-refractivity contribution is -0.134. The summed E-state index contributed by atoms with van der Waals surface area (Å²) in [6.45, 7) is 4.30. The van der Waals surface area contributed by atoms with Gasteiger partial charge < -0.3 is 16.2 Å². The van der Waals surface area contributed by atoms with Crippen molar-refractivity contribution in [2.75, 3.05) is 19.6 Å². The Balaban J connectivity index is 0.000000261. The van der Waals surface area contributed by atoms with Crippen LogP contribution in [0.2, 0.25) is 0 Å². The van der Waals surface area contributed by atoms with Crippen LogP contribution in [0.25, 0.3) is 0 Å². The summed E-state index contributed by atoms with van der Waals surface area (Å²) < 4.78 is 0. The Morgan fingerprint density at radius 2 is 2.00 bits per heavy atom. The van der Waals surface area contributed by atoms with E-state index in [0.717, 1.165) is 19.4 Å². The number of nitrogens with one attached hydrogen (secondary N) is 1. The van der Waals surface area contributed by atoms with E-state index in [4.69, 9.17) is 15.6 Å². The Labute approximate surface area is 73.1 Å². The van der Waals surface area contributed by atoms with Gasteiger partial charge in [0.2, 0.25) is 0 Å². The number of nitrogens with two attached hydrogens (primary N) is 1. The number of carboxylic acid groups (broad SMARTS) is 1. The van der Waals surface area contributed by atoms with E-state index in [0.29, 0.717) is 0 Å². The monoisotopic (exact) mass is 174 g/mol. The molecule has 4 N–H and O–H groups in total. The first-order valence-corrected chi connectivity index (χ1v) is 4.27. The van der Waals surface area contributed by atoms with Crippen molar-refractivity contribution in [2.24, 2.45) is 11.7 Å². The first kappa shape index (κ1) is 11.4. The molecule has 1 aliphatic heterocycles. The summed E-state index contributed by atoms with van der Waals surface area (Å²) in [6.07, 6.45) is 2.55. The fraction of sp³-hybridized carbons (Fsp3) is 0.875. The molecular formula is C8H18N2O2. The maximum Gasteiger partial charge on any atom is 0.300 e. The van der Waals surface area contributed by atoms with E-state index >= 15 is 0 Å². The van der Waals surface area contributed by atoms with Crippen molar-refractivity contribution < 1.29 is 9.90 Å². The van der Waals surface area contributed by atoms with Gasteiger partial charge in [-0.05, 0) is 38.4 Å². The number of aliphatic carboxylic acids is 1. The summed E-state index contributed by atoms with van der Waals surface area (Å²) in [4.78, 5) is 9.00. The SMILES string of the molecule is CC(=O)O.NCC1CCNCC1. The molecule has 0 spiro atoms. The van der Waals surface area contributed by atoms with Gasteiger partial charge in [0.1, 0.15) is 0 Å². The van der Waals surface area contributed by atoms with Crippen LogP contribution >= 0.6 is 0 Å². The molecule has 1 fully saturated rings. The summed E-state index contributed by atoms with van der Waals surface area (Å²) in [5, 5.41) is 10.7. The second-order valence-electron chi connectivity index (χ2n) is 2.95. The molecule has 0 saturated carbocycles. The largest absolute Gasteiger partial charge is 0.481 e. The molecule has 4 heteroatoms. The molecule has 0 aromatic rings. The Kier molecular flexibility index (Phi) is 6.70. The fourth-order valence-corrected chi connectivity index (χ4v) is 1.12. The molecular weight excluding hydrogens is 156 g/mol. The van der Waals surface area contributed by atoms with Crippen LogP contribution in [0.4, 0.5) is 0 Å². The molecule has 0 aromatic heterocycles. The maximum atomic E-state index is 9.00. The van der Waals surface area contributed by atoms with Gasteiger partial charge in [0.05, 0.1) is 0 Å². The van der Waals surface area contributed by atoms with Gasteiger partial charge in [0.25, 0.3) is 5.97 Å². The van der Waals surface area contributed by atoms with Crippen molar-refractivity contribution in [3.05, 3.63) is 0 Å². The fourth-order valence-electron chi connectivity index (χ4n) is 1.12. The van der Waals surface area contributed by atoms with Gasteiger partial charge in [-0.1, -0.05) is 0 Å². The van der Waals surface area contributed by atoms with Gasteiger partial charge in [-0.25, -0.2) is 0 Å². The van der Waals surface area contributed by atoms with E-state index in [1.165, 1.54) is 25.9 Å². The average molecular weight is 174 g/mol. The van der Waals surface area contributed by atoms with Crippen LogP contribution in [0.5, 0.6) is 0 Å². The third kappa shape index (κ3) is 7.50. The van der Waals surface area contributed by atoms with Crippen LogP contribution in [-0.4, -0.2) is 30.7 Å². The predicted molar refractivity (Wildman–Crippen MR) is 48.0 cm³/mol. The van der Waals surface area contributed by atoms with Gasteiger partial charge in [-0.2, -0.15) is 0 Å². The van der Waals surface area contributed by atoms with Crippen molar-refractivity contribution in [3.8, 4) is 0 Å². The van der Waals surface area contributed by atoms with Crippen LogP contribution in [0.3, 0.4) is 0 Å². The second-order valence-corrected chi connectivity index (χ2v) is 2.95. The highest BCUT2D eigenvalue weighted by Crippen LogP contribution is 2.07. The molecule has 0 atom stereocenters. The molecule has 0 radical (unpaired) electrons. The maximum absolute atomic E-state index is 9.00. The minimum absolute atomic E-state index is 0.802. The van der Waals surface area contributed by atoms with Gasteiger partial charge in [-0.3, -0.25) is 4.79 Å². The van der Waals surface area contributed by atoms with E-state index in [1.807, 2.05) is 0 Å². The minimum atomic E-state index is -0.833. The Hall–Kier alpha value is -0.610. The van der Waals surface area contributed by atoms with Crippen LogP contribution in [0.15, 0.2) is 0 Å². The average Bonchev–Trinajstić information content (AvgIpc) is 2.05. The molecule has 4 nitrogen and oxygen atoms in total. The van der Waals surface area contributed by atoms with Crippen molar-refractivity contribution >= 4 is 5.97 Å². The third-order valence-corrected chi connectivity index (χ3v) is 1.79. The summed E-state index contributed by atoms with van der Waals surface area (Å²) in [6, 6.07) is 0. The molecule has 1 aliphatic rings. The Morgan fingerprint density at radius 1 is 1.58 bits per heavy atom. The van der Waals surface area contributed by atoms with Crippen molar-refractivity contribution in [1.82, 2.24) is 5.32 Å². The van der Waals surface area contributed by atoms with Crippen molar-refractivity contribution in [3.63, 3.8) is 0 Å². The number of hydrogen-bond acceptors (Lipinski definition) is 3. The summed E-state index contributed by atoms with van der Waals surface area (Å²) in [7, 11) is 0. The van der Waals surface area contributed by atoms with Gasteiger partial charge in [0.15, 0.2) is 0 Å². The zero-order valence-electron chi connectivity index (χ0n) is 7.55. The smallest absolute Gasteiger partial charge is 0.300 e. The molecule has 0 bridgehead atoms. The molecule has 0 aromatic carbocycles. The van der Waals surface area contributed by atoms with Crippen LogP contribution in [0, 0.1) is 5.92 Å². The molecule has 1 heterocycles. The van der Waals surface area contributed by atoms with E-state index < -0.39 is 5.97 Å². The number of carbonyl (C=O) groups is 1. The van der Waals surface area contributed by atoms with E-state index in [9.17, 15) is 0 Å². The molecule has 0 amide bonds. The summed E-state index contributed by atoms with van der Waals surface area (Å²) >= 11 is 0. The topological polar surface area (TPSA) is 75.3 Å². The van der Waals surface area contributed by atoms with Crippen LogP contribution in [-0.2, 0) is 4.79 Å². The first-order chi connectivity index (χ1) is 5.66. The Bertz CT molecular complexity index is 118. The van der Waals surface area contributed by atoms with Gasteiger partial charge >= 0.3 is 0 Å². The lowest BCUT2D eigenvalue weighted by Crippen LogP contribution is -2.31. The zero-order chi connectivity index (χ0) is 9.40. The normalized spacial score (nSPS) is 17.8. The molecule has 0 aliphatic carbocycles. The van der Waals surface area contributed by atoms with E-state index in [-0.39, 0.29) is 0 Å². The summed E-state index contributed by atoms with van der Waals surface area (Å²) in [5.74, 6) is -0.0313. The highest BCUT2D eigenvalue weighted by molar-refractivity contribution is 5.62. The van der Waals surface area contributed by atoms with Crippen molar-refractivity contribution in [2.45, 2.75) is 19.8 Å². The lowest BCUT2D eigenvalue weighted by Gasteiger charge is -2.20. The predicted octanol–water partition coefficient (Wildman–Crippen LogP) is 0.0356. The van der Waals surface area contributed by atoms with E-state index in [1.54, 1.807) is 0 Å². The van der Waals surface area contributed by atoms with E-state index in [2.05, 4.69) is 5.32 Å². The Morgan fingerprint density at radius 3 is 2.25 bits per heavy atom. The van der Waals surface area contributed by atoms with Crippen LogP contribution < -0.4 is 11.1 Å². The van der Waals surface area contributed by atoms with Gasteiger partial charge in [0, 0.05) is 6.92 Å². The number of rotatable bonds is 1. The van der Waals surface area contributed by atoms with Gasteiger partial charge in [-0.15, -0.1) is 0 Å². The number of carboxylic acids is 1.